The second-order valence-electron chi connectivity index (χ2n) is 6.19. The van der Waals surface area contributed by atoms with Gasteiger partial charge in [0.2, 0.25) is 5.91 Å². The van der Waals surface area contributed by atoms with Crippen LogP contribution in [0.15, 0.2) is 17.5 Å². The second kappa shape index (κ2) is 6.79. The fourth-order valence-corrected chi connectivity index (χ4v) is 4.05. The highest BCUT2D eigenvalue weighted by Crippen LogP contribution is 2.25. The Balaban J connectivity index is 1.61. The zero-order valence-corrected chi connectivity index (χ0v) is 13.4. The lowest BCUT2D eigenvalue weighted by molar-refractivity contribution is -0.136. The summed E-state index contributed by atoms with van der Waals surface area (Å²) in [5, 5.41) is 11.1. The molecule has 1 N–H and O–H groups in total. The molecule has 1 aromatic heterocycles. The van der Waals surface area contributed by atoms with Crippen molar-refractivity contribution in [3.8, 4) is 0 Å². The van der Waals surface area contributed by atoms with Gasteiger partial charge in [-0.05, 0) is 30.7 Å². The van der Waals surface area contributed by atoms with E-state index in [2.05, 4.69) is 0 Å². The molecule has 6 heteroatoms. The normalized spacial score (nSPS) is 25.5. The van der Waals surface area contributed by atoms with Crippen LogP contribution in [0, 0.1) is 11.8 Å². The first-order valence-electron chi connectivity index (χ1n) is 7.91. The minimum atomic E-state index is -0.0879. The van der Waals surface area contributed by atoms with E-state index in [-0.39, 0.29) is 30.3 Å². The van der Waals surface area contributed by atoms with Crippen molar-refractivity contribution in [1.29, 1.82) is 0 Å². The molecule has 2 unspecified atom stereocenters. The maximum atomic E-state index is 12.6. The van der Waals surface area contributed by atoms with E-state index in [1.165, 1.54) is 11.3 Å². The Hall–Kier alpha value is -1.40. The molecule has 0 radical (unpaired) electrons. The van der Waals surface area contributed by atoms with Crippen molar-refractivity contribution in [3.63, 3.8) is 0 Å². The topological polar surface area (TPSA) is 60.9 Å². The number of nitrogens with zero attached hydrogens (tertiary/aromatic N) is 2. The van der Waals surface area contributed by atoms with Crippen LogP contribution >= 0.6 is 11.3 Å². The Bertz CT molecular complexity index is 532. The number of aliphatic hydroxyl groups excluding tert-OH is 1. The summed E-state index contributed by atoms with van der Waals surface area (Å²) in [5.74, 6) is 0.327. The van der Waals surface area contributed by atoms with Crippen LogP contribution in [0.3, 0.4) is 0 Å². The number of rotatable bonds is 3. The van der Waals surface area contributed by atoms with Gasteiger partial charge in [-0.1, -0.05) is 6.07 Å². The SMILES string of the molecule is O=C(c1cccs1)N1CCCC(C(=O)N2CCC(CO)C2)C1. The zero-order chi connectivity index (χ0) is 15.5. The van der Waals surface area contributed by atoms with E-state index < -0.39 is 0 Å². The molecule has 2 atom stereocenters. The van der Waals surface area contributed by atoms with Crippen LogP contribution in [-0.2, 0) is 4.79 Å². The Morgan fingerprint density at radius 3 is 2.77 bits per heavy atom. The highest BCUT2D eigenvalue weighted by molar-refractivity contribution is 7.12. The third-order valence-corrected chi connectivity index (χ3v) is 5.50. The second-order valence-corrected chi connectivity index (χ2v) is 7.14. The Morgan fingerprint density at radius 1 is 1.23 bits per heavy atom. The zero-order valence-electron chi connectivity index (χ0n) is 12.6. The van der Waals surface area contributed by atoms with Gasteiger partial charge in [0.1, 0.15) is 0 Å². The lowest BCUT2D eigenvalue weighted by Gasteiger charge is -2.33. The van der Waals surface area contributed by atoms with Gasteiger partial charge in [0, 0.05) is 38.7 Å². The van der Waals surface area contributed by atoms with E-state index in [4.69, 9.17) is 0 Å². The number of piperidine rings is 1. The summed E-state index contributed by atoms with van der Waals surface area (Å²) in [5.41, 5.74) is 0. The molecular weight excluding hydrogens is 300 g/mol. The standard InChI is InChI=1S/C16H22N2O3S/c19-11-12-5-7-18(9-12)15(20)13-3-1-6-17(10-13)16(21)14-4-2-8-22-14/h2,4,8,12-13,19H,1,3,5-7,9-11H2. The molecule has 0 aromatic carbocycles. The molecule has 3 rings (SSSR count). The average Bonchev–Trinajstić information content (AvgIpc) is 3.24. The van der Waals surface area contributed by atoms with Gasteiger partial charge in [-0.25, -0.2) is 0 Å². The Labute approximate surface area is 134 Å². The number of aliphatic hydroxyl groups is 1. The van der Waals surface area contributed by atoms with Crippen molar-refractivity contribution in [3.05, 3.63) is 22.4 Å². The molecule has 120 valence electrons. The van der Waals surface area contributed by atoms with E-state index in [1.54, 1.807) is 0 Å². The summed E-state index contributed by atoms with van der Waals surface area (Å²) < 4.78 is 0. The van der Waals surface area contributed by atoms with Crippen LogP contribution in [0.5, 0.6) is 0 Å². The van der Waals surface area contributed by atoms with Crippen molar-refractivity contribution in [2.24, 2.45) is 11.8 Å². The fraction of sp³-hybridized carbons (Fsp3) is 0.625. The lowest BCUT2D eigenvalue weighted by atomic mass is 9.96. The Kier molecular flexibility index (Phi) is 4.78. The van der Waals surface area contributed by atoms with Gasteiger partial charge in [-0.15, -0.1) is 11.3 Å². The highest BCUT2D eigenvalue weighted by atomic mass is 32.1. The molecule has 2 aliphatic rings. The number of hydrogen-bond donors (Lipinski definition) is 1. The summed E-state index contributed by atoms with van der Waals surface area (Å²) >= 11 is 1.45. The molecule has 2 amide bonds. The molecule has 1 aromatic rings. The highest BCUT2D eigenvalue weighted by Gasteiger charge is 2.34. The first-order chi connectivity index (χ1) is 10.7. The predicted octanol–water partition coefficient (Wildman–Crippen LogP) is 1.44. The van der Waals surface area contributed by atoms with E-state index >= 15 is 0 Å². The van der Waals surface area contributed by atoms with Crippen LogP contribution in [0.4, 0.5) is 0 Å². The number of carbonyl (C=O) groups excluding carboxylic acids is 2. The number of amides is 2. The Morgan fingerprint density at radius 2 is 2.09 bits per heavy atom. The van der Waals surface area contributed by atoms with Gasteiger partial charge in [0.05, 0.1) is 10.8 Å². The van der Waals surface area contributed by atoms with E-state index in [0.29, 0.717) is 13.1 Å². The third kappa shape index (κ3) is 3.17. The van der Waals surface area contributed by atoms with Crippen LogP contribution in [0.1, 0.15) is 28.9 Å². The van der Waals surface area contributed by atoms with Crippen molar-refractivity contribution in [1.82, 2.24) is 9.80 Å². The molecule has 22 heavy (non-hydrogen) atoms. The average molecular weight is 322 g/mol. The molecule has 0 spiro atoms. The first kappa shape index (κ1) is 15.5. The molecular formula is C16H22N2O3S. The maximum Gasteiger partial charge on any atom is 0.263 e. The summed E-state index contributed by atoms with van der Waals surface area (Å²) in [6.45, 7) is 2.80. The fourth-order valence-electron chi connectivity index (χ4n) is 3.36. The first-order valence-corrected chi connectivity index (χ1v) is 8.79. The number of thiophene rings is 1. The monoisotopic (exact) mass is 322 g/mol. The van der Waals surface area contributed by atoms with Crippen LogP contribution < -0.4 is 0 Å². The van der Waals surface area contributed by atoms with Crippen LogP contribution in [0.2, 0.25) is 0 Å². The van der Waals surface area contributed by atoms with Crippen molar-refractivity contribution in [2.45, 2.75) is 19.3 Å². The lowest BCUT2D eigenvalue weighted by Crippen LogP contribution is -2.46. The summed E-state index contributed by atoms with van der Waals surface area (Å²) in [4.78, 5) is 29.5. The molecule has 2 saturated heterocycles. The van der Waals surface area contributed by atoms with Crippen molar-refractivity contribution < 1.29 is 14.7 Å². The molecule has 3 heterocycles. The largest absolute Gasteiger partial charge is 0.396 e. The van der Waals surface area contributed by atoms with Crippen LogP contribution in [-0.4, -0.2) is 59.5 Å². The minimum Gasteiger partial charge on any atom is -0.396 e. The van der Waals surface area contributed by atoms with Gasteiger partial charge in [-0.2, -0.15) is 0 Å². The van der Waals surface area contributed by atoms with Crippen LogP contribution in [0.25, 0.3) is 0 Å². The molecule has 0 saturated carbocycles. The summed E-state index contributed by atoms with van der Waals surface area (Å²) in [6, 6.07) is 3.72. The van der Waals surface area contributed by atoms with Gasteiger partial charge >= 0.3 is 0 Å². The summed E-state index contributed by atoms with van der Waals surface area (Å²) in [6.07, 6.45) is 2.62. The maximum absolute atomic E-state index is 12.6. The quantitative estimate of drug-likeness (QED) is 0.916. The third-order valence-electron chi connectivity index (χ3n) is 4.65. The molecule has 2 aliphatic heterocycles. The number of likely N-dealkylation sites (tertiary alicyclic amines) is 2. The smallest absolute Gasteiger partial charge is 0.263 e. The van der Waals surface area contributed by atoms with E-state index in [1.807, 2.05) is 27.3 Å². The minimum absolute atomic E-state index is 0.0437. The van der Waals surface area contributed by atoms with Gasteiger partial charge in [0.15, 0.2) is 0 Å². The molecule has 2 fully saturated rings. The van der Waals surface area contributed by atoms with Gasteiger partial charge in [0.25, 0.3) is 5.91 Å². The van der Waals surface area contributed by atoms with Gasteiger partial charge in [-0.3, -0.25) is 9.59 Å². The molecule has 0 aliphatic carbocycles. The van der Waals surface area contributed by atoms with Crippen molar-refractivity contribution >= 4 is 23.2 Å². The number of carbonyl (C=O) groups is 2. The molecule has 5 nitrogen and oxygen atoms in total. The summed E-state index contributed by atoms with van der Waals surface area (Å²) in [7, 11) is 0. The van der Waals surface area contributed by atoms with E-state index in [0.717, 1.165) is 37.2 Å². The number of hydrogen-bond acceptors (Lipinski definition) is 4. The van der Waals surface area contributed by atoms with E-state index in [9.17, 15) is 14.7 Å². The predicted molar refractivity (Wildman–Crippen MR) is 84.7 cm³/mol. The molecule has 0 bridgehead atoms. The van der Waals surface area contributed by atoms with Gasteiger partial charge < -0.3 is 14.9 Å². The van der Waals surface area contributed by atoms with Crippen molar-refractivity contribution in [2.75, 3.05) is 32.8 Å².